The minimum Gasteiger partial charge on any atom is -0.478 e. The van der Waals surface area contributed by atoms with Crippen molar-refractivity contribution in [2.75, 3.05) is 0 Å². The molecule has 0 aromatic heterocycles. The highest BCUT2D eigenvalue weighted by atomic mass is 79.9. The van der Waals surface area contributed by atoms with Crippen LogP contribution in [0.1, 0.15) is 21.5 Å². The zero-order valence-electron chi connectivity index (χ0n) is 10.9. The lowest BCUT2D eigenvalue weighted by Crippen LogP contribution is -1.97. The van der Waals surface area contributed by atoms with Gasteiger partial charge in [0.2, 0.25) is 0 Å². The zero-order chi connectivity index (χ0) is 14.9. The van der Waals surface area contributed by atoms with Crippen LogP contribution in [0.3, 0.4) is 0 Å². The molecule has 0 bridgehead atoms. The molecular weight excluding hydrogens is 327 g/mol. The standard InChI is InChI=1S/C15H12BrFO3/c1-8-5-11(17)6-9(2)14(8)20-13-4-3-10(15(18)19)7-12(13)16/h3-7H,1-2H3,(H,18,19). The third kappa shape index (κ3) is 2.99. The molecule has 0 fully saturated rings. The number of aryl methyl sites for hydroxylation is 2. The number of hydrogen-bond acceptors (Lipinski definition) is 2. The summed E-state index contributed by atoms with van der Waals surface area (Å²) in [6, 6.07) is 7.27. The van der Waals surface area contributed by atoms with E-state index in [-0.39, 0.29) is 11.4 Å². The van der Waals surface area contributed by atoms with Crippen molar-refractivity contribution >= 4 is 21.9 Å². The van der Waals surface area contributed by atoms with E-state index >= 15 is 0 Å². The molecular formula is C15H12BrFO3. The van der Waals surface area contributed by atoms with Crippen LogP contribution in [-0.2, 0) is 0 Å². The van der Waals surface area contributed by atoms with Gasteiger partial charge >= 0.3 is 5.97 Å². The SMILES string of the molecule is Cc1cc(F)cc(C)c1Oc1ccc(C(=O)O)cc1Br. The van der Waals surface area contributed by atoms with Gasteiger partial charge in [0.05, 0.1) is 10.0 Å². The van der Waals surface area contributed by atoms with Crippen molar-refractivity contribution in [1.29, 1.82) is 0 Å². The third-order valence-corrected chi connectivity index (χ3v) is 3.44. The lowest BCUT2D eigenvalue weighted by molar-refractivity contribution is 0.0697. The molecule has 1 N–H and O–H groups in total. The van der Waals surface area contributed by atoms with Crippen LogP contribution in [0, 0.1) is 19.7 Å². The summed E-state index contributed by atoms with van der Waals surface area (Å²) in [6.45, 7) is 3.51. The number of aromatic carboxylic acids is 1. The first-order valence-electron chi connectivity index (χ1n) is 5.86. The molecule has 0 unspecified atom stereocenters. The Morgan fingerprint density at radius 2 is 1.80 bits per heavy atom. The first-order valence-corrected chi connectivity index (χ1v) is 6.65. The molecule has 2 rings (SSSR count). The molecule has 0 saturated heterocycles. The van der Waals surface area contributed by atoms with Gasteiger partial charge in [0.1, 0.15) is 17.3 Å². The smallest absolute Gasteiger partial charge is 0.335 e. The molecule has 2 aromatic carbocycles. The molecule has 0 spiro atoms. The zero-order valence-corrected chi connectivity index (χ0v) is 12.5. The molecule has 0 radical (unpaired) electrons. The Kier molecular flexibility index (Phi) is 4.09. The van der Waals surface area contributed by atoms with Crippen LogP contribution in [0.5, 0.6) is 11.5 Å². The number of hydrogen-bond donors (Lipinski definition) is 1. The van der Waals surface area contributed by atoms with Crippen LogP contribution in [0.15, 0.2) is 34.8 Å². The quantitative estimate of drug-likeness (QED) is 0.882. The van der Waals surface area contributed by atoms with E-state index in [1.165, 1.54) is 24.3 Å². The van der Waals surface area contributed by atoms with E-state index in [1.54, 1.807) is 19.9 Å². The number of halogens is 2. The van der Waals surface area contributed by atoms with Crippen molar-refractivity contribution in [2.24, 2.45) is 0 Å². The van der Waals surface area contributed by atoms with Gasteiger partial charge in [-0.1, -0.05) is 0 Å². The second-order valence-electron chi connectivity index (χ2n) is 4.42. The number of carbonyl (C=O) groups is 1. The molecule has 3 nitrogen and oxygen atoms in total. The van der Waals surface area contributed by atoms with Crippen molar-refractivity contribution in [2.45, 2.75) is 13.8 Å². The van der Waals surface area contributed by atoms with Gasteiger partial charge in [-0.3, -0.25) is 0 Å². The van der Waals surface area contributed by atoms with Gasteiger partial charge in [0.15, 0.2) is 0 Å². The highest BCUT2D eigenvalue weighted by molar-refractivity contribution is 9.10. The maximum absolute atomic E-state index is 13.2. The van der Waals surface area contributed by atoms with E-state index < -0.39 is 5.97 Å². The van der Waals surface area contributed by atoms with Crippen LogP contribution in [0.2, 0.25) is 0 Å². The van der Waals surface area contributed by atoms with Crippen molar-refractivity contribution in [3.63, 3.8) is 0 Å². The Hall–Kier alpha value is -1.88. The Morgan fingerprint density at radius 3 is 2.30 bits per heavy atom. The van der Waals surface area contributed by atoms with E-state index in [1.807, 2.05) is 0 Å². The summed E-state index contributed by atoms with van der Waals surface area (Å²) in [4.78, 5) is 10.9. The first-order chi connectivity index (χ1) is 9.38. The Labute approximate surface area is 124 Å². The fourth-order valence-electron chi connectivity index (χ4n) is 1.89. The van der Waals surface area contributed by atoms with Crippen molar-refractivity contribution in [1.82, 2.24) is 0 Å². The summed E-state index contributed by atoms with van der Waals surface area (Å²) in [5, 5.41) is 8.91. The molecule has 0 heterocycles. The van der Waals surface area contributed by atoms with Gasteiger partial charge in [-0.05, 0) is 71.2 Å². The normalized spacial score (nSPS) is 10.4. The van der Waals surface area contributed by atoms with Crippen LogP contribution >= 0.6 is 15.9 Å². The van der Waals surface area contributed by atoms with E-state index in [9.17, 15) is 9.18 Å². The maximum atomic E-state index is 13.2. The number of benzene rings is 2. The van der Waals surface area contributed by atoms with Crippen molar-refractivity contribution in [3.05, 3.63) is 57.3 Å². The summed E-state index contributed by atoms with van der Waals surface area (Å²) in [7, 11) is 0. The van der Waals surface area contributed by atoms with Gasteiger partial charge in [0.25, 0.3) is 0 Å². The Morgan fingerprint density at radius 1 is 1.20 bits per heavy atom. The van der Waals surface area contributed by atoms with Gasteiger partial charge in [-0.25, -0.2) is 9.18 Å². The molecule has 0 amide bonds. The molecule has 0 aliphatic heterocycles. The highest BCUT2D eigenvalue weighted by Crippen LogP contribution is 2.34. The summed E-state index contributed by atoms with van der Waals surface area (Å²) >= 11 is 3.27. The predicted molar refractivity (Wildman–Crippen MR) is 77.0 cm³/mol. The summed E-state index contributed by atoms with van der Waals surface area (Å²) in [5.41, 5.74) is 1.52. The average molecular weight is 339 g/mol. The van der Waals surface area contributed by atoms with E-state index in [4.69, 9.17) is 9.84 Å². The predicted octanol–water partition coefficient (Wildman–Crippen LogP) is 4.70. The molecule has 20 heavy (non-hydrogen) atoms. The Balaban J connectivity index is 2.38. The molecule has 0 saturated carbocycles. The third-order valence-electron chi connectivity index (χ3n) is 2.82. The monoisotopic (exact) mass is 338 g/mol. The fourth-order valence-corrected chi connectivity index (χ4v) is 2.34. The summed E-state index contributed by atoms with van der Waals surface area (Å²) in [5.74, 6) is -0.276. The van der Waals surface area contributed by atoms with E-state index in [0.717, 1.165) is 0 Å². The van der Waals surface area contributed by atoms with Crippen molar-refractivity contribution in [3.8, 4) is 11.5 Å². The second kappa shape index (κ2) is 5.63. The molecule has 104 valence electrons. The summed E-state index contributed by atoms with van der Waals surface area (Å²) in [6.07, 6.45) is 0. The van der Waals surface area contributed by atoms with E-state index in [2.05, 4.69) is 15.9 Å². The van der Waals surface area contributed by atoms with Gasteiger partial charge in [-0.2, -0.15) is 0 Å². The van der Waals surface area contributed by atoms with Crippen LogP contribution in [0.4, 0.5) is 4.39 Å². The summed E-state index contributed by atoms with van der Waals surface area (Å²) < 4.78 is 19.5. The van der Waals surface area contributed by atoms with Crippen molar-refractivity contribution < 1.29 is 19.0 Å². The maximum Gasteiger partial charge on any atom is 0.335 e. The molecule has 0 aliphatic carbocycles. The van der Waals surface area contributed by atoms with Crippen LogP contribution in [-0.4, -0.2) is 11.1 Å². The first kappa shape index (κ1) is 14.5. The molecule has 2 aromatic rings. The average Bonchev–Trinajstić information content (AvgIpc) is 2.34. The minimum atomic E-state index is -1.01. The second-order valence-corrected chi connectivity index (χ2v) is 5.28. The van der Waals surface area contributed by atoms with Crippen LogP contribution in [0.25, 0.3) is 0 Å². The van der Waals surface area contributed by atoms with E-state index in [0.29, 0.717) is 27.1 Å². The fraction of sp³-hybridized carbons (Fsp3) is 0.133. The molecule has 0 aliphatic rings. The van der Waals surface area contributed by atoms with Gasteiger partial charge in [-0.15, -0.1) is 0 Å². The highest BCUT2D eigenvalue weighted by Gasteiger charge is 2.12. The molecule has 0 atom stereocenters. The number of carboxylic acids is 1. The lowest BCUT2D eigenvalue weighted by atomic mass is 10.1. The van der Waals surface area contributed by atoms with Crippen LogP contribution < -0.4 is 4.74 Å². The van der Waals surface area contributed by atoms with Gasteiger partial charge in [0, 0.05) is 0 Å². The van der Waals surface area contributed by atoms with Gasteiger partial charge < -0.3 is 9.84 Å². The number of ether oxygens (including phenoxy) is 1. The lowest BCUT2D eigenvalue weighted by Gasteiger charge is -2.13. The number of rotatable bonds is 3. The topological polar surface area (TPSA) is 46.5 Å². The Bertz CT molecular complexity index is 660. The minimum absolute atomic E-state index is 0.164. The molecule has 5 heteroatoms. The number of carboxylic acid groups (broad SMARTS) is 1. The largest absolute Gasteiger partial charge is 0.478 e.